The Morgan fingerprint density at radius 2 is 2.00 bits per heavy atom. The van der Waals surface area contributed by atoms with Gasteiger partial charge in [0.15, 0.2) is 11.5 Å². The number of benzene rings is 2. The van der Waals surface area contributed by atoms with Gasteiger partial charge in [0.1, 0.15) is 5.82 Å². The van der Waals surface area contributed by atoms with Crippen LogP contribution in [0.15, 0.2) is 42.6 Å². The molecule has 3 N–H and O–H groups in total. The van der Waals surface area contributed by atoms with E-state index in [1.54, 1.807) is 24.4 Å². The molecule has 4 aromatic rings. The first-order valence-electron chi connectivity index (χ1n) is 10.6. The first-order valence-corrected chi connectivity index (χ1v) is 10.6. The Labute approximate surface area is 184 Å². The number of hydrogen-bond acceptors (Lipinski definition) is 6. The highest BCUT2D eigenvalue weighted by Crippen LogP contribution is 2.39. The molecule has 5 rings (SSSR count). The van der Waals surface area contributed by atoms with E-state index >= 15 is 0 Å². The summed E-state index contributed by atoms with van der Waals surface area (Å²) >= 11 is 0. The zero-order valence-electron chi connectivity index (χ0n) is 17.6. The summed E-state index contributed by atoms with van der Waals surface area (Å²) < 4.78 is 14.3. The third-order valence-corrected chi connectivity index (χ3v) is 5.87. The Kier molecular flexibility index (Phi) is 5.04. The fourth-order valence-corrected chi connectivity index (χ4v) is 4.28. The van der Waals surface area contributed by atoms with Crippen LogP contribution in [0.4, 0.5) is 10.1 Å². The number of nitrogens with two attached hydrogens (primary N) is 1. The van der Waals surface area contributed by atoms with Gasteiger partial charge in [-0.25, -0.2) is 9.37 Å². The molecular formula is C24H22FN7. The molecule has 2 aromatic heterocycles. The molecule has 1 fully saturated rings. The van der Waals surface area contributed by atoms with Crippen molar-refractivity contribution in [3.05, 3.63) is 59.5 Å². The van der Waals surface area contributed by atoms with Gasteiger partial charge in [-0.15, -0.1) is 5.10 Å². The van der Waals surface area contributed by atoms with Crippen LogP contribution in [-0.4, -0.2) is 39.3 Å². The van der Waals surface area contributed by atoms with Gasteiger partial charge >= 0.3 is 0 Å². The predicted molar refractivity (Wildman–Crippen MR) is 121 cm³/mol. The summed E-state index contributed by atoms with van der Waals surface area (Å²) in [7, 11) is 0. The Balaban J connectivity index is 1.71. The molecular weight excluding hydrogens is 405 g/mol. The number of anilines is 1. The van der Waals surface area contributed by atoms with Crippen LogP contribution >= 0.6 is 0 Å². The Morgan fingerprint density at radius 3 is 2.75 bits per heavy atom. The number of nitrogens with one attached hydrogen (secondary N) is 1. The molecule has 160 valence electrons. The smallest absolute Gasteiger partial charge is 0.161 e. The van der Waals surface area contributed by atoms with Gasteiger partial charge in [0.25, 0.3) is 0 Å². The number of halogens is 1. The third kappa shape index (κ3) is 3.67. The van der Waals surface area contributed by atoms with Gasteiger partial charge in [-0.1, -0.05) is 6.07 Å². The lowest BCUT2D eigenvalue weighted by atomic mass is 9.99. The molecule has 1 aliphatic heterocycles. The van der Waals surface area contributed by atoms with Crippen molar-refractivity contribution >= 4 is 16.7 Å². The number of rotatable bonds is 3. The van der Waals surface area contributed by atoms with Crippen LogP contribution in [-0.2, 0) is 0 Å². The van der Waals surface area contributed by atoms with E-state index < -0.39 is 0 Å². The van der Waals surface area contributed by atoms with Gasteiger partial charge in [0.2, 0.25) is 0 Å². The average Bonchev–Trinajstić information content (AvgIpc) is 3.21. The van der Waals surface area contributed by atoms with Crippen LogP contribution in [0.5, 0.6) is 0 Å². The Bertz CT molecular complexity index is 1330. The van der Waals surface area contributed by atoms with Crippen molar-refractivity contribution in [2.24, 2.45) is 5.73 Å². The van der Waals surface area contributed by atoms with Crippen molar-refractivity contribution < 1.29 is 4.39 Å². The standard InChI is InChI=1S/C24H22FN7/c1-14-8-16(11-17(25)9-14)19-13-28-31-22(23(19)32-6-4-18(27)5-7-32)24-29-20-3-2-15(12-26)10-21(20)30-24/h2-3,8-11,13,18H,4-7,27H2,1H3,(H,29,30). The molecule has 0 unspecified atom stereocenters. The lowest BCUT2D eigenvalue weighted by Crippen LogP contribution is -2.40. The van der Waals surface area contributed by atoms with Crippen molar-refractivity contribution in [1.29, 1.82) is 5.26 Å². The summed E-state index contributed by atoms with van der Waals surface area (Å²) in [6.45, 7) is 3.40. The summed E-state index contributed by atoms with van der Waals surface area (Å²) in [5.74, 6) is 0.264. The van der Waals surface area contributed by atoms with Crippen LogP contribution < -0.4 is 10.6 Å². The predicted octanol–water partition coefficient (Wildman–Crippen LogP) is 3.93. The maximum atomic E-state index is 14.3. The van der Waals surface area contributed by atoms with Crippen molar-refractivity contribution in [3.8, 4) is 28.7 Å². The van der Waals surface area contributed by atoms with E-state index in [2.05, 4.69) is 26.2 Å². The highest BCUT2D eigenvalue weighted by atomic mass is 19.1. The van der Waals surface area contributed by atoms with Crippen molar-refractivity contribution in [3.63, 3.8) is 0 Å². The highest BCUT2D eigenvalue weighted by molar-refractivity contribution is 5.89. The number of aromatic amines is 1. The maximum Gasteiger partial charge on any atom is 0.161 e. The second-order valence-electron chi connectivity index (χ2n) is 8.23. The van der Waals surface area contributed by atoms with Gasteiger partial charge < -0.3 is 15.6 Å². The van der Waals surface area contributed by atoms with E-state index in [1.165, 1.54) is 12.1 Å². The van der Waals surface area contributed by atoms with E-state index in [4.69, 9.17) is 10.7 Å². The van der Waals surface area contributed by atoms with Gasteiger partial charge in [-0.2, -0.15) is 10.4 Å². The molecule has 0 amide bonds. The maximum absolute atomic E-state index is 14.3. The summed E-state index contributed by atoms with van der Waals surface area (Å²) in [6.07, 6.45) is 3.39. The number of fused-ring (bicyclic) bond motifs is 1. The fraction of sp³-hybridized carbons (Fsp3) is 0.250. The van der Waals surface area contributed by atoms with Gasteiger partial charge in [0.05, 0.1) is 34.6 Å². The molecule has 0 atom stereocenters. The molecule has 1 saturated heterocycles. The quantitative estimate of drug-likeness (QED) is 0.513. The van der Waals surface area contributed by atoms with Crippen LogP contribution in [0.3, 0.4) is 0 Å². The fourth-order valence-electron chi connectivity index (χ4n) is 4.28. The van der Waals surface area contributed by atoms with Crippen molar-refractivity contribution in [1.82, 2.24) is 20.2 Å². The summed E-state index contributed by atoms with van der Waals surface area (Å²) in [5, 5.41) is 17.9. The molecule has 0 radical (unpaired) electrons. The lowest BCUT2D eigenvalue weighted by molar-refractivity contribution is 0.501. The summed E-state index contributed by atoms with van der Waals surface area (Å²) in [4.78, 5) is 10.2. The first-order chi connectivity index (χ1) is 15.5. The summed E-state index contributed by atoms with van der Waals surface area (Å²) in [5.41, 5.74) is 12.0. The lowest BCUT2D eigenvalue weighted by Gasteiger charge is -2.34. The zero-order valence-corrected chi connectivity index (χ0v) is 17.6. The molecule has 0 aliphatic carbocycles. The number of piperidine rings is 1. The van der Waals surface area contributed by atoms with E-state index in [-0.39, 0.29) is 11.9 Å². The Hall–Kier alpha value is -3.83. The number of imidazole rings is 1. The number of H-pyrrole nitrogens is 1. The van der Waals surface area contributed by atoms with Crippen LogP contribution in [0, 0.1) is 24.1 Å². The molecule has 3 heterocycles. The minimum Gasteiger partial charge on any atom is -0.369 e. The highest BCUT2D eigenvalue weighted by Gasteiger charge is 2.25. The second-order valence-corrected chi connectivity index (χ2v) is 8.23. The van der Waals surface area contributed by atoms with Crippen molar-refractivity contribution in [2.75, 3.05) is 18.0 Å². The van der Waals surface area contributed by atoms with Crippen LogP contribution in [0.1, 0.15) is 24.0 Å². The number of aromatic nitrogens is 4. The summed E-state index contributed by atoms with van der Waals surface area (Å²) in [6, 6.07) is 12.6. The van der Waals surface area contributed by atoms with E-state index in [0.717, 1.165) is 59.3 Å². The topological polar surface area (TPSA) is 108 Å². The van der Waals surface area contributed by atoms with Gasteiger partial charge in [-0.05, 0) is 61.2 Å². The second kappa shape index (κ2) is 8.02. The van der Waals surface area contributed by atoms with Crippen molar-refractivity contribution in [2.45, 2.75) is 25.8 Å². The largest absolute Gasteiger partial charge is 0.369 e. The molecule has 0 bridgehead atoms. The molecule has 32 heavy (non-hydrogen) atoms. The minimum absolute atomic E-state index is 0.167. The number of aryl methyl sites for hydroxylation is 1. The van der Waals surface area contributed by atoms with Gasteiger partial charge in [0, 0.05) is 24.7 Å². The molecule has 1 aliphatic rings. The van der Waals surface area contributed by atoms with Gasteiger partial charge in [-0.3, -0.25) is 0 Å². The molecule has 2 aromatic carbocycles. The van der Waals surface area contributed by atoms with E-state index in [0.29, 0.717) is 17.1 Å². The zero-order chi connectivity index (χ0) is 22.2. The average molecular weight is 427 g/mol. The normalized spacial score (nSPS) is 14.6. The number of hydrogen-bond donors (Lipinski definition) is 2. The number of nitrogens with zero attached hydrogens (tertiary/aromatic N) is 5. The minimum atomic E-state index is -0.294. The van der Waals surface area contributed by atoms with Crippen LogP contribution in [0.25, 0.3) is 33.7 Å². The van der Waals surface area contributed by atoms with Crippen LogP contribution in [0.2, 0.25) is 0 Å². The van der Waals surface area contributed by atoms with E-state index in [9.17, 15) is 9.65 Å². The first kappa shape index (κ1) is 20.1. The molecule has 0 spiro atoms. The molecule has 0 saturated carbocycles. The Morgan fingerprint density at radius 1 is 1.19 bits per heavy atom. The molecule has 8 heteroatoms. The monoisotopic (exact) mass is 427 g/mol. The third-order valence-electron chi connectivity index (χ3n) is 5.87. The van der Waals surface area contributed by atoms with E-state index in [1.807, 2.05) is 13.0 Å². The SMILES string of the molecule is Cc1cc(F)cc(-c2cnnc(-c3nc4ccc(C#N)cc4[nH]3)c2N2CCC(N)CC2)c1. The number of nitriles is 1. The molecule has 7 nitrogen and oxygen atoms in total.